The lowest BCUT2D eigenvalue weighted by atomic mass is 10.1. The molecule has 0 aromatic rings. The van der Waals surface area contributed by atoms with Crippen molar-refractivity contribution in [3.8, 4) is 0 Å². The fraction of sp³-hybridized carbons (Fsp3) is 0.778. The maximum atomic E-state index is 10.1. The minimum absolute atomic E-state index is 0.0208. The van der Waals surface area contributed by atoms with Crippen LogP contribution in [-0.2, 0) is 19.2 Å². The van der Waals surface area contributed by atoms with Crippen LogP contribution in [-0.4, -0.2) is 80.8 Å². The van der Waals surface area contributed by atoms with E-state index in [2.05, 4.69) is 17.9 Å². The van der Waals surface area contributed by atoms with E-state index >= 15 is 0 Å². The Morgan fingerprint density at radius 1 is 0.871 bits per heavy atom. The zero-order valence-corrected chi connectivity index (χ0v) is 19.3. The molecule has 13 heteroatoms. The van der Waals surface area contributed by atoms with Gasteiger partial charge in [0.05, 0.1) is 0 Å². The van der Waals surface area contributed by atoms with E-state index in [4.69, 9.17) is 37.6 Å². The molecule has 1 saturated heterocycles. The second kappa shape index (κ2) is 18.8. The molecule has 3 unspecified atom stereocenters. The first-order chi connectivity index (χ1) is 14.1. The molecule has 0 amide bonds. The van der Waals surface area contributed by atoms with Gasteiger partial charge in [0.15, 0.2) is 0 Å². The molecule has 0 aromatic heterocycles. The maximum absolute atomic E-state index is 10.1. The summed E-state index contributed by atoms with van der Waals surface area (Å²) < 4.78 is 0. The Morgan fingerprint density at radius 3 is 1.32 bits per heavy atom. The van der Waals surface area contributed by atoms with Crippen molar-refractivity contribution < 1.29 is 39.6 Å². The number of aliphatic carboxylic acids is 4. The predicted octanol–water partition coefficient (Wildman–Crippen LogP) is -0.740. The summed E-state index contributed by atoms with van der Waals surface area (Å²) in [5.41, 5.74) is 15.3. The summed E-state index contributed by atoms with van der Waals surface area (Å²) in [5, 5.41) is 35.7. The summed E-state index contributed by atoms with van der Waals surface area (Å²) in [7, 11) is 0. The molecular weight excluding hydrogens is 432 g/mol. The Labute approximate surface area is 188 Å². The molecule has 184 valence electrons. The van der Waals surface area contributed by atoms with Gasteiger partial charge in [0.25, 0.3) is 0 Å². The molecule has 0 bridgehead atoms. The fourth-order valence-electron chi connectivity index (χ4n) is 1.54. The van der Waals surface area contributed by atoms with Gasteiger partial charge in [-0.2, -0.15) is 12.6 Å². The first kappa shape index (κ1) is 33.7. The van der Waals surface area contributed by atoms with Gasteiger partial charge in [-0.3, -0.25) is 19.2 Å². The van der Waals surface area contributed by atoms with Crippen LogP contribution < -0.4 is 22.5 Å². The van der Waals surface area contributed by atoms with Gasteiger partial charge >= 0.3 is 23.9 Å². The number of carbonyl (C=O) groups is 4. The standard InChI is InChI=1S/C5H9NO2.2C5H11NO2.C3H7NO2S/c7-5(8)4-2-1-3-6-4;2*1-3(2)4(6)5(7)8;4-2(1-7)3(5)6/h4,6H,1-3H2,(H,7,8);2*3-4H,6H2,1-2H3,(H,7,8);2,7H,1,4H2,(H,5,6)/t4-;;;/m0.../s1. The summed E-state index contributed by atoms with van der Waals surface area (Å²) >= 11 is 3.65. The normalized spacial score (nSPS) is 17.5. The fourth-order valence-corrected chi connectivity index (χ4v) is 1.70. The molecule has 1 rings (SSSR count). The van der Waals surface area contributed by atoms with E-state index in [0.717, 1.165) is 19.4 Å². The van der Waals surface area contributed by atoms with Gasteiger partial charge in [-0.1, -0.05) is 27.7 Å². The van der Waals surface area contributed by atoms with Crippen LogP contribution in [0, 0.1) is 11.8 Å². The number of hydrogen-bond acceptors (Lipinski definition) is 9. The van der Waals surface area contributed by atoms with Crippen molar-refractivity contribution in [2.24, 2.45) is 29.0 Å². The average molecular weight is 471 g/mol. The average Bonchev–Trinajstić information content (AvgIpc) is 3.22. The molecule has 1 fully saturated rings. The molecule has 1 aliphatic rings. The Bertz CT molecular complexity index is 502. The summed E-state index contributed by atoms with van der Waals surface area (Å²) in [6.07, 6.45) is 1.78. The molecule has 1 aliphatic heterocycles. The minimum atomic E-state index is -1.00. The highest BCUT2D eigenvalue weighted by molar-refractivity contribution is 7.80. The smallest absolute Gasteiger partial charge is 0.321 e. The summed E-state index contributed by atoms with van der Waals surface area (Å²) in [6.45, 7) is 7.96. The molecular formula is C18H38N4O8S. The molecule has 0 saturated carbocycles. The molecule has 12 nitrogen and oxygen atoms in total. The molecule has 4 atom stereocenters. The van der Waals surface area contributed by atoms with Crippen LogP contribution in [0.25, 0.3) is 0 Å². The maximum Gasteiger partial charge on any atom is 0.321 e. The zero-order valence-electron chi connectivity index (χ0n) is 18.4. The van der Waals surface area contributed by atoms with E-state index in [1.165, 1.54) is 0 Å². The van der Waals surface area contributed by atoms with Gasteiger partial charge in [-0.25, -0.2) is 0 Å². The van der Waals surface area contributed by atoms with Crippen LogP contribution in [0.1, 0.15) is 40.5 Å². The lowest BCUT2D eigenvalue weighted by Gasteiger charge is -2.07. The second-order valence-corrected chi connectivity index (χ2v) is 7.70. The van der Waals surface area contributed by atoms with E-state index in [-0.39, 0.29) is 23.6 Å². The number of hydrogen-bond donors (Lipinski definition) is 9. The minimum Gasteiger partial charge on any atom is -0.480 e. The first-order valence-electron chi connectivity index (χ1n) is 9.62. The van der Waals surface area contributed by atoms with Crippen molar-refractivity contribution >= 4 is 36.5 Å². The topological polar surface area (TPSA) is 239 Å². The molecule has 31 heavy (non-hydrogen) atoms. The van der Waals surface area contributed by atoms with Crippen molar-refractivity contribution in [2.75, 3.05) is 12.3 Å². The Hall–Kier alpha value is -1.93. The highest BCUT2D eigenvalue weighted by atomic mass is 32.1. The lowest BCUT2D eigenvalue weighted by molar-refractivity contribution is -0.140. The van der Waals surface area contributed by atoms with Crippen LogP contribution in [0.5, 0.6) is 0 Å². The van der Waals surface area contributed by atoms with Gasteiger partial charge in [0, 0.05) is 5.75 Å². The molecule has 0 spiro atoms. The van der Waals surface area contributed by atoms with E-state index in [9.17, 15) is 19.2 Å². The van der Waals surface area contributed by atoms with E-state index in [1.54, 1.807) is 27.7 Å². The SMILES string of the molecule is CC(C)C(N)C(=O)O.CC(C)C(N)C(=O)O.NC(CS)C(=O)O.O=C(O)[C@@H]1CCCN1. The van der Waals surface area contributed by atoms with Crippen molar-refractivity contribution in [2.45, 2.75) is 64.7 Å². The molecule has 0 aliphatic carbocycles. The van der Waals surface area contributed by atoms with Crippen LogP contribution in [0.2, 0.25) is 0 Å². The predicted molar refractivity (Wildman–Crippen MR) is 119 cm³/mol. The van der Waals surface area contributed by atoms with Gasteiger partial charge in [-0.05, 0) is 31.2 Å². The third-order valence-corrected chi connectivity index (χ3v) is 4.27. The van der Waals surface area contributed by atoms with Crippen molar-refractivity contribution in [3.63, 3.8) is 0 Å². The van der Waals surface area contributed by atoms with Gasteiger partial charge < -0.3 is 42.9 Å². The number of nitrogens with one attached hydrogen (secondary N) is 1. The summed E-state index contributed by atoms with van der Waals surface area (Å²) in [5.74, 6) is -3.35. The van der Waals surface area contributed by atoms with Crippen molar-refractivity contribution in [3.05, 3.63) is 0 Å². The van der Waals surface area contributed by atoms with E-state index in [1.807, 2.05) is 0 Å². The molecule has 0 aromatic carbocycles. The van der Waals surface area contributed by atoms with Crippen LogP contribution >= 0.6 is 12.6 Å². The molecule has 1 heterocycles. The molecule has 0 radical (unpaired) electrons. The molecule has 11 N–H and O–H groups in total. The Kier molecular flexibility index (Phi) is 20.4. The third kappa shape index (κ3) is 19.8. The van der Waals surface area contributed by atoms with E-state index in [0.29, 0.717) is 0 Å². The first-order valence-corrected chi connectivity index (χ1v) is 10.2. The van der Waals surface area contributed by atoms with Crippen LogP contribution in [0.15, 0.2) is 0 Å². The lowest BCUT2D eigenvalue weighted by Crippen LogP contribution is -2.34. The van der Waals surface area contributed by atoms with Crippen molar-refractivity contribution in [1.29, 1.82) is 0 Å². The summed E-state index contributed by atoms with van der Waals surface area (Å²) in [6, 6.07) is -2.51. The third-order valence-electron chi connectivity index (χ3n) is 3.88. The Morgan fingerprint density at radius 2 is 1.26 bits per heavy atom. The second-order valence-electron chi connectivity index (χ2n) is 7.33. The Balaban J connectivity index is -0.000000338. The van der Waals surface area contributed by atoms with E-state index < -0.39 is 42.0 Å². The van der Waals surface area contributed by atoms with Gasteiger partial charge in [-0.15, -0.1) is 0 Å². The van der Waals surface area contributed by atoms with Gasteiger partial charge in [0.2, 0.25) is 0 Å². The largest absolute Gasteiger partial charge is 0.480 e. The highest BCUT2D eigenvalue weighted by Crippen LogP contribution is 2.03. The number of thiol groups is 1. The zero-order chi connectivity index (χ0) is 25.3. The number of nitrogens with two attached hydrogens (primary N) is 3. The van der Waals surface area contributed by atoms with Crippen LogP contribution in [0.4, 0.5) is 0 Å². The van der Waals surface area contributed by atoms with Gasteiger partial charge in [0.1, 0.15) is 24.2 Å². The quantitative estimate of drug-likeness (QED) is 0.209. The number of rotatable bonds is 7. The van der Waals surface area contributed by atoms with Crippen molar-refractivity contribution in [1.82, 2.24) is 5.32 Å². The van der Waals surface area contributed by atoms with Crippen LogP contribution in [0.3, 0.4) is 0 Å². The monoisotopic (exact) mass is 470 g/mol. The number of carboxylic acid groups (broad SMARTS) is 4. The highest BCUT2D eigenvalue weighted by Gasteiger charge is 2.20. The number of carboxylic acids is 4. The summed E-state index contributed by atoms with van der Waals surface area (Å²) in [4.78, 5) is 39.9.